The van der Waals surface area contributed by atoms with Crippen molar-refractivity contribution in [3.05, 3.63) is 22.6 Å². The molecule has 2 rings (SSSR count). The zero-order valence-electron chi connectivity index (χ0n) is 9.30. The summed E-state index contributed by atoms with van der Waals surface area (Å²) < 4.78 is 1.29. The Bertz CT molecular complexity index is 396. The van der Waals surface area contributed by atoms with E-state index in [0.29, 0.717) is 0 Å². The van der Waals surface area contributed by atoms with Crippen molar-refractivity contribution in [2.75, 3.05) is 24.6 Å². The van der Waals surface area contributed by atoms with E-state index in [1.807, 2.05) is 0 Å². The molecule has 88 valence electrons. The first-order valence-electron chi connectivity index (χ1n) is 5.74. The van der Waals surface area contributed by atoms with Crippen molar-refractivity contribution in [3.8, 4) is 0 Å². The molecule has 16 heavy (non-hydrogen) atoms. The fourth-order valence-electron chi connectivity index (χ4n) is 2.01. The highest BCUT2D eigenvalue weighted by Gasteiger charge is 2.12. The van der Waals surface area contributed by atoms with Crippen molar-refractivity contribution in [3.63, 3.8) is 0 Å². The van der Waals surface area contributed by atoms with E-state index in [1.54, 1.807) is 12.3 Å². The van der Waals surface area contributed by atoms with Crippen LogP contribution < -0.4 is 10.5 Å². The van der Waals surface area contributed by atoms with E-state index in [0.717, 1.165) is 18.8 Å². The summed E-state index contributed by atoms with van der Waals surface area (Å²) >= 11 is 0. The van der Waals surface area contributed by atoms with Crippen LogP contribution in [0.3, 0.4) is 0 Å². The predicted octanol–water partition coefficient (Wildman–Crippen LogP) is 0.226. The lowest BCUT2D eigenvalue weighted by Gasteiger charge is -2.28. The summed E-state index contributed by atoms with van der Waals surface area (Å²) in [6.07, 6.45) is 5.34. The van der Waals surface area contributed by atoms with Crippen LogP contribution in [0, 0.1) is 0 Å². The molecule has 1 fully saturated rings. The lowest BCUT2D eigenvalue weighted by molar-refractivity contribution is 0.266. The van der Waals surface area contributed by atoms with Crippen LogP contribution in [0.2, 0.25) is 0 Å². The molecule has 0 radical (unpaired) electrons. The fraction of sp³-hybridized carbons (Fsp3) is 0.636. The van der Waals surface area contributed by atoms with Crippen LogP contribution in [0.25, 0.3) is 0 Å². The van der Waals surface area contributed by atoms with Gasteiger partial charge in [-0.1, -0.05) is 0 Å². The monoisotopic (exact) mass is 223 g/mol. The van der Waals surface area contributed by atoms with Crippen molar-refractivity contribution in [2.24, 2.45) is 0 Å². The molecule has 0 atom stereocenters. The number of rotatable bonds is 3. The molecule has 0 aliphatic carbocycles. The van der Waals surface area contributed by atoms with Crippen molar-refractivity contribution in [1.82, 2.24) is 9.78 Å². The van der Waals surface area contributed by atoms with Gasteiger partial charge in [-0.2, -0.15) is 5.10 Å². The van der Waals surface area contributed by atoms with E-state index in [9.17, 15) is 4.79 Å². The van der Waals surface area contributed by atoms with Gasteiger partial charge in [-0.25, -0.2) is 4.68 Å². The number of hydrogen-bond donors (Lipinski definition) is 1. The second-order valence-electron chi connectivity index (χ2n) is 4.05. The molecule has 0 spiro atoms. The molecular weight excluding hydrogens is 206 g/mol. The van der Waals surface area contributed by atoms with Crippen molar-refractivity contribution in [1.29, 1.82) is 0 Å². The summed E-state index contributed by atoms with van der Waals surface area (Å²) in [6.45, 7) is 2.21. The van der Waals surface area contributed by atoms with Crippen LogP contribution in [-0.4, -0.2) is 34.6 Å². The van der Waals surface area contributed by atoms with Crippen LogP contribution in [0.1, 0.15) is 19.3 Å². The molecule has 1 aromatic heterocycles. The Labute approximate surface area is 94.3 Å². The van der Waals surface area contributed by atoms with Gasteiger partial charge in [0.2, 0.25) is 0 Å². The average Bonchev–Trinajstić information content (AvgIpc) is 2.33. The van der Waals surface area contributed by atoms with E-state index in [-0.39, 0.29) is 18.7 Å². The number of nitrogens with zero attached hydrogens (tertiary/aromatic N) is 3. The van der Waals surface area contributed by atoms with Crippen LogP contribution in [0.15, 0.2) is 17.1 Å². The topological polar surface area (TPSA) is 58.4 Å². The van der Waals surface area contributed by atoms with Gasteiger partial charge in [-0.05, 0) is 19.3 Å². The van der Waals surface area contributed by atoms with Gasteiger partial charge in [0.1, 0.15) is 0 Å². The first-order chi connectivity index (χ1) is 7.81. The maximum atomic E-state index is 11.6. The second kappa shape index (κ2) is 5.12. The van der Waals surface area contributed by atoms with Crippen molar-refractivity contribution >= 4 is 5.69 Å². The third kappa shape index (κ3) is 2.41. The van der Waals surface area contributed by atoms with Gasteiger partial charge in [-0.15, -0.1) is 0 Å². The summed E-state index contributed by atoms with van der Waals surface area (Å²) in [7, 11) is 0. The van der Waals surface area contributed by atoms with Gasteiger partial charge in [0.05, 0.1) is 25.0 Å². The predicted molar refractivity (Wildman–Crippen MR) is 61.6 cm³/mol. The molecule has 1 aromatic rings. The number of aliphatic hydroxyl groups excluding tert-OH is 1. The number of aromatic nitrogens is 2. The minimum absolute atomic E-state index is 0.0596. The highest BCUT2D eigenvalue weighted by atomic mass is 16.3. The van der Waals surface area contributed by atoms with E-state index in [2.05, 4.69) is 10.00 Å². The Morgan fingerprint density at radius 3 is 2.69 bits per heavy atom. The second-order valence-corrected chi connectivity index (χ2v) is 4.05. The molecule has 5 nitrogen and oxygen atoms in total. The summed E-state index contributed by atoms with van der Waals surface area (Å²) in [5, 5.41) is 12.8. The number of anilines is 1. The van der Waals surface area contributed by atoms with Gasteiger partial charge in [-0.3, -0.25) is 4.79 Å². The Hall–Kier alpha value is -1.36. The van der Waals surface area contributed by atoms with Gasteiger partial charge in [0.25, 0.3) is 5.56 Å². The minimum Gasteiger partial charge on any atom is -0.394 e. The summed E-state index contributed by atoms with van der Waals surface area (Å²) in [6, 6.07) is 1.61. The molecule has 0 aromatic carbocycles. The standard InChI is InChI=1S/C11H17N3O2/c15-7-6-14-11(16)8-10(9-12-14)13-4-2-1-3-5-13/h8-9,15H,1-7H2. The van der Waals surface area contributed by atoms with Gasteiger partial charge >= 0.3 is 0 Å². The van der Waals surface area contributed by atoms with Crippen molar-refractivity contribution in [2.45, 2.75) is 25.8 Å². The summed E-state index contributed by atoms with van der Waals surface area (Å²) in [4.78, 5) is 13.8. The lowest BCUT2D eigenvalue weighted by Crippen LogP contribution is -2.32. The van der Waals surface area contributed by atoms with Crippen molar-refractivity contribution < 1.29 is 5.11 Å². The van der Waals surface area contributed by atoms with Crippen LogP contribution in [0.5, 0.6) is 0 Å². The molecule has 0 bridgehead atoms. The first-order valence-corrected chi connectivity index (χ1v) is 5.74. The molecule has 1 aliphatic rings. The number of piperidine rings is 1. The van der Waals surface area contributed by atoms with Gasteiger partial charge in [0.15, 0.2) is 0 Å². The summed E-state index contributed by atoms with van der Waals surface area (Å²) in [5.41, 5.74) is 0.760. The maximum absolute atomic E-state index is 11.6. The Kier molecular flexibility index (Phi) is 3.56. The van der Waals surface area contributed by atoms with Crippen LogP contribution in [-0.2, 0) is 6.54 Å². The zero-order valence-corrected chi connectivity index (χ0v) is 9.30. The molecule has 5 heteroatoms. The minimum atomic E-state index is -0.142. The third-order valence-electron chi connectivity index (χ3n) is 2.89. The number of hydrogen-bond acceptors (Lipinski definition) is 4. The molecule has 2 heterocycles. The normalized spacial score (nSPS) is 16.4. The van der Waals surface area contributed by atoms with E-state index in [4.69, 9.17) is 5.11 Å². The molecule has 0 amide bonds. The smallest absolute Gasteiger partial charge is 0.268 e. The summed E-state index contributed by atoms with van der Waals surface area (Å²) in [5.74, 6) is 0. The average molecular weight is 223 g/mol. The lowest BCUT2D eigenvalue weighted by atomic mass is 10.1. The van der Waals surface area contributed by atoms with E-state index < -0.39 is 0 Å². The first kappa shape index (κ1) is 11.1. The highest BCUT2D eigenvalue weighted by Crippen LogP contribution is 2.16. The van der Waals surface area contributed by atoms with E-state index in [1.165, 1.54) is 23.9 Å². The Morgan fingerprint density at radius 1 is 1.31 bits per heavy atom. The molecule has 0 unspecified atom stereocenters. The Morgan fingerprint density at radius 2 is 2.06 bits per heavy atom. The van der Waals surface area contributed by atoms with Gasteiger partial charge < -0.3 is 10.0 Å². The fourth-order valence-corrected chi connectivity index (χ4v) is 2.01. The zero-order chi connectivity index (χ0) is 11.4. The van der Waals surface area contributed by atoms with Gasteiger partial charge in [0, 0.05) is 19.2 Å². The maximum Gasteiger partial charge on any atom is 0.268 e. The van der Waals surface area contributed by atoms with Crippen LogP contribution in [0.4, 0.5) is 5.69 Å². The Balaban J connectivity index is 2.16. The molecular formula is C11H17N3O2. The molecule has 1 N–H and O–H groups in total. The molecule has 1 saturated heterocycles. The molecule has 1 aliphatic heterocycles. The quantitative estimate of drug-likeness (QED) is 0.796. The highest BCUT2D eigenvalue weighted by molar-refractivity contribution is 5.43. The van der Waals surface area contributed by atoms with Crippen LogP contribution >= 0.6 is 0 Å². The SMILES string of the molecule is O=c1cc(N2CCCCC2)cnn1CCO. The third-order valence-corrected chi connectivity index (χ3v) is 2.89. The largest absolute Gasteiger partial charge is 0.394 e. The molecule has 0 saturated carbocycles. The van der Waals surface area contributed by atoms with E-state index >= 15 is 0 Å². The number of aliphatic hydroxyl groups is 1.